The first-order chi connectivity index (χ1) is 17.0. The van der Waals surface area contributed by atoms with Crippen LogP contribution in [0.5, 0.6) is 5.75 Å². The molecule has 1 aliphatic heterocycles. The summed E-state index contributed by atoms with van der Waals surface area (Å²) in [6.45, 7) is 3.45. The molecule has 0 spiro atoms. The number of rotatable bonds is 9. The Balaban J connectivity index is 1.21. The molecule has 1 aromatic carbocycles. The van der Waals surface area contributed by atoms with Gasteiger partial charge < -0.3 is 14.7 Å². The fraction of sp³-hybridized carbons (Fsp3) is 0.417. The molecular formula is C24H28N6O4S. The summed E-state index contributed by atoms with van der Waals surface area (Å²) in [7, 11) is 0. The number of aryl methyl sites for hydroxylation is 4. The van der Waals surface area contributed by atoms with Gasteiger partial charge in [0.15, 0.2) is 0 Å². The van der Waals surface area contributed by atoms with E-state index in [9.17, 15) is 9.59 Å². The topological polar surface area (TPSA) is 123 Å². The fourth-order valence-corrected chi connectivity index (χ4v) is 4.90. The van der Waals surface area contributed by atoms with Gasteiger partial charge in [-0.05, 0) is 78.4 Å². The second kappa shape index (κ2) is 11.8. The lowest BCUT2D eigenvalue weighted by atomic mass is 10.1. The number of amides is 1. The van der Waals surface area contributed by atoms with Crippen molar-refractivity contribution in [3.8, 4) is 5.75 Å². The van der Waals surface area contributed by atoms with Crippen LogP contribution >= 0.6 is 11.8 Å². The van der Waals surface area contributed by atoms with Crippen LogP contribution in [0.1, 0.15) is 36.1 Å². The molecule has 10 nitrogen and oxygen atoms in total. The maximum Gasteiger partial charge on any atom is 0.415 e. The van der Waals surface area contributed by atoms with Gasteiger partial charge in [-0.3, -0.25) is 9.78 Å². The summed E-state index contributed by atoms with van der Waals surface area (Å²) in [6, 6.07) is 11.7. The number of likely N-dealkylation sites (tertiary alicyclic amines) is 1. The van der Waals surface area contributed by atoms with Gasteiger partial charge in [0.05, 0.1) is 13.0 Å². The van der Waals surface area contributed by atoms with Gasteiger partial charge in [0, 0.05) is 30.2 Å². The molecule has 1 saturated heterocycles. The number of piperidine rings is 1. The number of ether oxygens (including phenoxy) is 1. The summed E-state index contributed by atoms with van der Waals surface area (Å²) in [5, 5.41) is 21.2. The largest absolute Gasteiger partial charge is 0.481 e. The molecule has 1 amide bonds. The van der Waals surface area contributed by atoms with E-state index in [-0.39, 0.29) is 24.3 Å². The monoisotopic (exact) mass is 496 g/mol. The predicted octanol–water partition coefficient (Wildman–Crippen LogP) is 3.39. The molecule has 0 atom stereocenters. The van der Waals surface area contributed by atoms with Gasteiger partial charge in [0.2, 0.25) is 5.16 Å². The van der Waals surface area contributed by atoms with Gasteiger partial charge in [-0.25, -0.2) is 9.48 Å². The molecule has 0 saturated carbocycles. The average Bonchev–Trinajstić information content (AvgIpc) is 3.29. The first-order valence-corrected chi connectivity index (χ1v) is 12.5. The molecule has 2 aromatic heterocycles. The third-order valence-electron chi connectivity index (χ3n) is 5.78. The maximum atomic E-state index is 12.6. The highest BCUT2D eigenvalue weighted by Crippen LogP contribution is 2.29. The summed E-state index contributed by atoms with van der Waals surface area (Å²) in [5.74, 6) is -0.362. The number of aliphatic carboxylic acids is 1. The van der Waals surface area contributed by atoms with Gasteiger partial charge in [-0.2, -0.15) is 0 Å². The Morgan fingerprint density at radius 3 is 2.63 bits per heavy atom. The van der Waals surface area contributed by atoms with Crippen molar-refractivity contribution in [2.24, 2.45) is 0 Å². The van der Waals surface area contributed by atoms with E-state index >= 15 is 0 Å². The van der Waals surface area contributed by atoms with Crippen molar-refractivity contribution < 1.29 is 19.4 Å². The van der Waals surface area contributed by atoms with Crippen molar-refractivity contribution in [2.45, 2.75) is 56.0 Å². The lowest BCUT2D eigenvalue weighted by Gasteiger charge is -2.30. The minimum absolute atomic E-state index is 0.0339. The Kier molecular flexibility index (Phi) is 8.30. The van der Waals surface area contributed by atoms with Crippen molar-refractivity contribution >= 4 is 23.8 Å². The van der Waals surface area contributed by atoms with Crippen LogP contribution in [0, 0.1) is 6.92 Å². The molecule has 1 aliphatic rings. The Hall–Kier alpha value is -3.47. The number of benzene rings is 1. The van der Waals surface area contributed by atoms with E-state index in [0.717, 1.165) is 36.9 Å². The second-order valence-electron chi connectivity index (χ2n) is 8.47. The molecule has 0 radical (unpaired) electrons. The molecule has 3 heterocycles. The molecule has 1 fully saturated rings. The zero-order valence-corrected chi connectivity index (χ0v) is 20.4. The maximum absolute atomic E-state index is 12.6. The summed E-state index contributed by atoms with van der Waals surface area (Å²) >= 11 is 1.52. The van der Waals surface area contributed by atoms with Crippen LogP contribution in [0.15, 0.2) is 47.8 Å². The number of carboxylic acid groups (broad SMARTS) is 1. The number of carboxylic acids is 1. The van der Waals surface area contributed by atoms with Crippen LogP contribution in [0.4, 0.5) is 4.79 Å². The van der Waals surface area contributed by atoms with Gasteiger partial charge in [-0.15, -0.1) is 5.10 Å². The lowest BCUT2D eigenvalue weighted by molar-refractivity contribution is -0.137. The smallest absolute Gasteiger partial charge is 0.415 e. The molecule has 11 heteroatoms. The first-order valence-electron chi connectivity index (χ1n) is 11.6. The number of thioether (sulfide) groups is 1. The fourth-order valence-electron chi connectivity index (χ4n) is 3.83. The van der Waals surface area contributed by atoms with Crippen LogP contribution < -0.4 is 4.74 Å². The van der Waals surface area contributed by atoms with Crippen molar-refractivity contribution in [3.05, 3.63) is 59.4 Å². The second-order valence-corrected chi connectivity index (χ2v) is 9.74. The third-order valence-corrected chi connectivity index (χ3v) is 7.09. The van der Waals surface area contributed by atoms with Crippen LogP contribution in [-0.4, -0.2) is 65.6 Å². The van der Waals surface area contributed by atoms with E-state index in [2.05, 4.69) is 33.5 Å². The average molecular weight is 497 g/mol. The molecule has 0 unspecified atom stereocenters. The number of aromatic nitrogens is 5. The number of carbonyl (C=O) groups excluding carboxylic acids is 1. The molecule has 35 heavy (non-hydrogen) atoms. The highest BCUT2D eigenvalue weighted by molar-refractivity contribution is 7.99. The SMILES string of the molecule is Cc1ccnc(CCc2ccc(OC(=O)N3CCC(Sc4nnnn4CCC(=O)O)CC3)cc2)c1. The molecule has 1 N–H and O–H groups in total. The van der Waals surface area contributed by atoms with Crippen LogP contribution in [-0.2, 0) is 24.2 Å². The summed E-state index contributed by atoms with van der Waals surface area (Å²) in [4.78, 5) is 29.5. The number of tetrazole rings is 1. The van der Waals surface area contributed by atoms with Crippen molar-refractivity contribution in [3.63, 3.8) is 0 Å². The van der Waals surface area contributed by atoms with Crippen LogP contribution in [0.3, 0.4) is 0 Å². The molecule has 4 rings (SSSR count). The molecule has 0 aliphatic carbocycles. The van der Waals surface area contributed by atoms with Gasteiger partial charge in [-0.1, -0.05) is 23.9 Å². The lowest BCUT2D eigenvalue weighted by Crippen LogP contribution is -2.41. The molecular weight excluding hydrogens is 468 g/mol. The summed E-state index contributed by atoms with van der Waals surface area (Å²) < 4.78 is 7.09. The van der Waals surface area contributed by atoms with Gasteiger partial charge in [0.1, 0.15) is 5.75 Å². The zero-order valence-electron chi connectivity index (χ0n) is 19.5. The number of carbonyl (C=O) groups is 2. The minimum Gasteiger partial charge on any atom is -0.481 e. The van der Waals surface area contributed by atoms with E-state index in [1.807, 2.05) is 36.5 Å². The number of hydrogen-bond acceptors (Lipinski definition) is 8. The van der Waals surface area contributed by atoms with Crippen LogP contribution in [0.25, 0.3) is 0 Å². The first kappa shape index (κ1) is 24.6. The van der Waals surface area contributed by atoms with Crippen LogP contribution in [0.2, 0.25) is 0 Å². The van der Waals surface area contributed by atoms with E-state index < -0.39 is 5.97 Å². The minimum atomic E-state index is -0.891. The Bertz CT molecular complexity index is 1140. The van der Waals surface area contributed by atoms with Gasteiger partial charge >= 0.3 is 12.1 Å². The normalized spacial score (nSPS) is 14.1. The van der Waals surface area contributed by atoms with Crippen molar-refractivity contribution in [2.75, 3.05) is 13.1 Å². The van der Waals surface area contributed by atoms with E-state index in [1.54, 1.807) is 4.90 Å². The van der Waals surface area contributed by atoms with E-state index in [0.29, 0.717) is 24.0 Å². The Morgan fingerprint density at radius 2 is 1.91 bits per heavy atom. The Morgan fingerprint density at radius 1 is 1.14 bits per heavy atom. The van der Waals surface area contributed by atoms with Crippen molar-refractivity contribution in [1.82, 2.24) is 30.1 Å². The predicted molar refractivity (Wildman–Crippen MR) is 129 cm³/mol. The molecule has 184 valence electrons. The molecule has 0 bridgehead atoms. The van der Waals surface area contributed by atoms with E-state index in [1.165, 1.54) is 22.0 Å². The Labute approximate surface area is 207 Å². The van der Waals surface area contributed by atoms with Crippen molar-refractivity contribution in [1.29, 1.82) is 0 Å². The molecule has 3 aromatic rings. The quantitative estimate of drug-likeness (QED) is 0.475. The summed E-state index contributed by atoms with van der Waals surface area (Å²) in [5.41, 5.74) is 3.44. The highest BCUT2D eigenvalue weighted by atomic mass is 32.2. The van der Waals surface area contributed by atoms with E-state index in [4.69, 9.17) is 9.84 Å². The zero-order chi connectivity index (χ0) is 24.6. The standard InChI is InChI=1S/C24H28N6O4S/c1-17-8-12-25-19(16-17)5-2-18-3-6-20(7-4-18)34-24(33)29-13-9-21(10-14-29)35-23-26-27-28-30(23)15-11-22(31)32/h3-4,6-8,12,16,21H,2,5,9-11,13-15H2,1H3,(H,31,32). The summed E-state index contributed by atoms with van der Waals surface area (Å²) in [6.07, 6.45) is 4.73. The third kappa shape index (κ3) is 7.25. The number of nitrogens with zero attached hydrogens (tertiary/aromatic N) is 6. The van der Waals surface area contributed by atoms with Gasteiger partial charge in [0.25, 0.3) is 0 Å². The number of hydrogen-bond donors (Lipinski definition) is 1. The number of pyridine rings is 1. The highest BCUT2D eigenvalue weighted by Gasteiger charge is 2.26.